The van der Waals surface area contributed by atoms with Crippen molar-refractivity contribution in [1.29, 1.82) is 0 Å². The Bertz CT molecular complexity index is 547. The highest BCUT2D eigenvalue weighted by Crippen LogP contribution is 2.21. The summed E-state index contributed by atoms with van der Waals surface area (Å²) in [6.45, 7) is 5.59. The van der Waals surface area contributed by atoms with Gasteiger partial charge in [0.2, 0.25) is 0 Å². The van der Waals surface area contributed by atoms with Crippen molar-refractivity contribution < 1.29 is 13.9 Å². The van der Waals surface area contributed by atoms with Crippen LogP contribution in [0.15, 0.2) is 29.3 Å². The maximum Gasteiger partial charge on any atom is 0.191 e. The van der Waals surface area contributed by atoms with Crippen molar-refractivity contribution in [3.63, 3.8) is 0 Å². The molecular formula is C20H33FN4O2. The predicted octanol–water partition coefficient (Wildman–Crippen LogP) is 2.18. The summed E-state index contributed by atoms with van der Waals surface area (Å²) in [5, 5.41) is 6.78. The van der Waals surface area contributed by atoms with Gasteiger partial charge in [0.25, 0.3) is 0 Å². The van der Waals surface area contributed by atoms with Crippen LogP contribution in [0.5, 0.6) is 0 Å². The van der Waals surface area contributed by atoms with Crippen LogP contribution >= 0.6 is 0 Å². The van der Waals surface area contributed by atoms with Crippen molar-refractivity contribution in [2.45, 2.75) is 25.3 Å². The SMILES string of the molecule is CN=C(NCCCCCOC)NCC(c1ccc(F)cc1)N1CCOCC1. The van der Waals surface area contributed by atoms with Crippen LogP contribution in [0.3, 0.4) is 0 Å². The van der Waals surface area contributed by atoms with Gasteiger partial charge in [-0.3, -0.25) is 9.89 Å². The Morgan fingerprint density at radius 2 is 1.93 bits per heavy atom. The summed E-state index contributed by atoms with van der Waals surface area (Å²) in [7, 11) is 3.51. The second-order valence-corrected chi connectivity index (χ2v) is 6.65. The summed E-state index contributed by atoms with van der Waals surface area (Å²) in [6.07, 6.45) is 3.28. The molecule has 0 amide bonds. The molecule has 1 atom stereocenters. The molecular weight excluding hydrogens is 347 g/mol. The number of nitrogens with one attached hydrogen (secondary N) is 2. The first kappa shape index (κ1) is 21.6. The Morgan fingerprint density at radius 1 is 1.19 bits per heavy atom. The van der Waals surface area contributed by atoms with E-state index in [0.29, 0.717) is 6.54 Å². The summed E-state index contributed by atoms with van der Waals surface area (Å²) in [5.41, 5.74) is 1.10. The largest absolute Gasteiger partial charge is 0.385 e. The molecule has 1 aromatic carbocycles. The standard InChI is InChI=1S/C20H33FN4O2/c1-22-20(23-10-4-3-5-13-26-2)24-16-19(25-11-14-27-15-12-25)17-6-8-18(21)9-7-17/h6-9,19H,3-5,10-16H2,1-2H3,(H2,22,23,24). The normalized spacial score (nSPS) is 16.9. The predicted molar refractivity (Wildman–Crippen MR) is 107 cm³/mol. The molecule has 27 heavy (non-hydrogen) atoms. The van der Waals surface area contributed by atoms with Crippen LogP contribution in [-0.2, 0) is 9.47 Å². The summed E-state index contributed by atoms with van der Waals surface area (Å²) in [5.74, 6) is 0.584. The number of methoxy groups -OCH3 is 1. The van der Waals surface area contributed by atoms with Crippen molar-refractivity contribution >= 4 is 5.96 Å². The summed E-state index contributed by atoms with van der Waals surface area (Å²) < 4.78 is 23.9. The molecule has 0 bridgehead atoms. The molecule has 0 spiro atoms. The van der Waals surface area contributed by atoms with Gasteiger partial charge in [0.05, 0.1) is 19.3 Å². The lowest BCUT2D eigenvalue weighted by Crippen LogP contribution is -2.46. The third kappa shape index (κ3) is 7.82. The summed E-state index contributed by atoms with van der Waals surface area (Å²) in [4.78, 5) is 6.69. The Balaban J connectivity index is 1.87. The van der Waals surface area contributed by atoms with E-state index in [1.807, 2.05) is 12.1 Å². The van der Waals surface area contributed by atoms with Crippen LogP contribution in [0.2, 0.25) is 0 Å². The minimum Gasteiger partial charge on any atom is -0.385 e. The number of nitrogens with zero attached hydrogens (tertiary/aromatic N) is 2. The zero-order valence-corrected chi connectivity index (χ0v) is 16.5. The monoisotopic (exact) mass is 380 g/mol. The van der Waals surface area contributed by atoms with Gasteiger partial charge < -0.3 is 20.1 Å². The maximum absolute atomic E-state index is 13.3. The molecule has 1 fully saturated rings. The van der Waals surface area contributed by atoms with Crippen molar-refractivity contribution in [1.82, 2.24) is 15.5 Å². The highest BCUT2D eigenvalue weighted by Gasteiger charge is 2.22. The molecule has 0 saturated carbocycles. The Morgan fingerprint density at radius 3 is 2.59 bits per heavy atom. The van der Waals surface area contributed by atoms with E-state index in [2.05, 4.69) is 20.5 Å². The number of hydrogen-bond donors (Lipinski definition) is 2. The van der Waals surface area contributed by atoms with Crippen molar-refractivity contribution in [3.05, 3.63) is 35.6 Å². The van der Waals surface area contributed by atoms with Crippen LogP contribution in [0.4, 0.5) is 4.39 Å². The quantitative estimate of drug-likeness (QED) is 0.370. The van der Waals surface area contributed by atoms with Crippen LogP contribution in [0, 0.1) is 5.82 Å². The van der Waals surface area contributed by atoms with E-state index in [-0.39, 0.29) is 11.9 Å². The Kier molecular flexibility index (Phi) is 10.1. The van der Waals surface area contributed by atoms with E-state index in [4.69, 9.17) is 9.47 Å². The van der Waals surface area contributed by atoms with Gasteiger partial charge in [-0.2, -0.15) is 0 Å². The van der Waals surface area contributed by atoms with Gasteiger partial charge in [-0.25, -0.2) is 4.39 Å². The van der Waals surface area contributed by atoms with E-state index in [0.717, 1.165) is 70.2 Å². The lowest BCUT2D eigenvalue weighted by molar-refractivity contribution is 0.0170. The Labute approximate surface area is 162 Å². The molecule has 0 aliphatic carbocycles. The number of morpholine rings is 1. The zero-order chi connectivity index (χ0) is 19.3. The first-order valence-corrected chi connectivity index (χ1v) is 9.75. The van der Waals surface area contributed by atoms with E-state index in [1.165, 1.54) is 12.1 Å². The van der Waals surface area contributed by atoms with Crippen LogP contribution in [0.25, 0.3) is 0 Å². The average Bonchev–Trinajstić information content (AvgIpc) is 2.71. The number of ether oxygens (including phenoxy) is 2. The molecule has 2 rings (SSSR count). The first-order valence-electron chi connectivity index (χ1n) is 9.75. The second-order valence-electron chi connectivity index (χ2n) is 6.65. The van der Waals surface area contributed by atoms with Gasteiger partial charge in [-0.1, -0.05) is 12.1 Å². The molecule has 1 unspecified atom stereocenters. The van der Waals surface area contributed by atoms with E-state index in [9.17, 15) is 4.39 Å². The number of guanidine groups is 1. The molecule has 1 aliphatic rings. The average molecular weight is 381 g/mol. The van der Waals surface area contributed by atoms with Crippen LogP contribution < -0.4 is 10.6 Å². The molecule has 1 aromatic rings. The molecule has 1 heterocycles. The highest BCUT2D eigenvalue weighted by atomic mass is 19.1. The molecule has 6 nitrogen and oxygen atoms in total. The van der Waals surface area contributed by atoms with Gasteiger partial charge in [-0.15, -0.1) is 0 Å². The molecule has 2 N–H and O–H groups in total. The number of hydrogen-bond acceptors (Lipinski definition) is 4. The fourth-order valence-corrected chi connectivity index (χ4v) is 3.20. The number of halogens is 1. The second kappa shape index (κ2) is 12.6. The van der Waals surface area contributed by atoms with Crippen molar-refractivity contribution in [2.24, 2.45) is 4.99 Å². The fraction of sp³-hybridized carbons (Fsp3) is 0.650. The lowest BCUT2D eigenvalue weighted by atomic mass is 10.0. The zero-order valence-electron chi connectivity index (χ0n) is 16.5. The van der Waals surface area contributed by atoms with Crippen molar-refractivity contribution in [2.75, 3.05) is 60.2 Å². The van der Waals surface area contributed by atoms with Gasteiger partial charge >= 0.3 is 0 Å². The topological polar surface area (TPSA) is 58.1 Å². The lowest BCUT2D eigenvalue weighted by Gasteiger charge is -2.35. The molecule has 1 saturated heterocycles. The van der Waals surface area contributed by atoms with Gasteiger partial charge in [-0.05, 0) is 37.0 Å². The third-order valence-corrected chi connectivity index (χ3v) is 4.75. The fourth-order valence-electron chi connectivity index (χ4n) is 3.20. The van der Waals surface area contributed by atoms with Crippen molar-refractivity contribution in [3.8, 4) is 0 Å². The van der Waals surface area contributed by atoms with Gasteiger partial charge in [0.15, 0.2) is 5.96 Å². The highest BCUT2D eigenvalue weighted by molar-refractivity contribution is 5.79. The Hall–Kier alpha value is -1.70. The third-order valence-electron chi connectivity index (χ3n) is 4.75. The minimum absolute atomic E-state index is 0.148. The van der Waals surface area contributed by atoms with Gasteiger partial charge in [0, 0.05) is 46.9 Å². The van der Waals surface area contributed by atoms with Crippen LogP contribution in [0.1, 0.15) is 30.9 Å². The number of benzene rings is 1. The van der Waals surface area contributed by atoms with E-state index >= 15 is 0 Å². The molecule has 152 valence electrons. The first-order chi connectivity index (χ1) is 13.2. The van der Waals surface area contributed by atoms with Crippen LogP contribution in [-0.4, -0.2) is 71.0 Å². The molecule has 7 heteroatoms. The van der Waals surface area contributed by atoms with Gasteiger partial charge in [0.1, 0.15) is 5.82 Å². The minimum atomic E-state index is -0.210. The summed E-state index contributed by atoms with van der Waals surface area (Å²) >= 11 is 0. The maximum atomic E-state index is 13.3. The number of rotatable bonds is 10. The molecule has 0 radical (unpaired) electrons. The summed E-state index contributed by atoms with van der Waals surface area (Å²) in [6, 6.07) is 6.92. The molecule has 1 aliphatic heterocycles. The van der Waals surface area contributed by atoms with E-state index < -0.39 is 0 Å². The molecule has 0 aromatic heterocycles. The van der Waals surface area contributed by atoms with E-state index in [1.54, 1.807) is 14.2 Å². The number of unbranched alkanes of at least 4 members (excludes halogenated alkanes) is 2. The smallest absolute Gasteiger partial charge is 0.191 e. The number of aliphatic imine (C=N–C) groups is 1.